The van der Waals surface area contributed by atoms with E-state index in [4.69, 9.17) is 11.6 Å². The van der Waals surface area contributed by atoms with Gasteiger partial charge in [0.2, 0.25) is 0 Å². The highest BCUT2D eigenvalue weighted by Gasteiger charge is 2.31. The molecule has 1 aromatic heterocycles. The van der Waals surface area contributed by atoms with Crippen LogP contribution in [0.25, 0.3) is 11.3 Å². The second-order valence-corrected chi connectivity index (χ2v) is 5.53. The molecule has 4 rings (SSSR count). The fourth-order valence-electron chi connectivity index (χ4n) is 3.18. The summed E-state index contributed by atoms with van der Waals surface area (Å²) in [5.74, 6) is 6.37. The molecular weight excluding hydrogens is 276 g/mol. The average Bonchev–Trinajstić information content (AvgIpc) is 2.82. The summed E-state index contributed by atoms with van der Waals surface area (Å²) in [6.07, 6.45) is 5.30. The van der Waals surface area contributed by atoms with Crippen molar-refractivity contribution in [2.24, 2.45) is 5.84 Å². The predicted molar refractivity (Wildman–Crippen MR) is 86.0 cm³/mol. The second-order valence-electron chi connectivity index (χ2n) is 5.53. The monoisotopic (exact) mass is 292 g/mol. The number of carbonyl (C=O) groups is 1. The molecule has 0 unspecified atom stereocenters. The zero-order valence-corrected chi connectivity index (χ0v) is 12.0. The third kappa shape index (κ3) is 1.72. The fourth-order valence-corrected chi connectivity index (χ4v) is 3.18. The number of nitrogens with zero attached hydrogens (tertiary/aromatic N) is 2. The number of hydrogen-bond acceptors (Lipinski definition) is 3. The molecule has 0 radical (unpaired) electrons. The van der Waals surface area contributed by atoms with E-state index in [9.17, 15) is 4.79 Å². The van der Waals surface area contributed by atoms with Crippen LogP contribution in [0.4, 0.5) is 5.82 Å². The van der Waals surface area contributed by atoms with Gasteiger partial charge < -0.3 is 5.73 Å². The Morgan fingerprint density at radius 1 is 1.14 bits per heavy atom. The second kappa shape index (κ2) is 4.61. The molecule has 5 heteroatoms. The number of amides is 1. The molecule has 0 bridgehead atoms. The summed E-state index contributed by atoms with van der Waals surface area (Å²) < 4.78 is 1.93. The maximum absolute atomic E-state index is 12.5. The van der Waals surface area contributed by atoms with Crippen LogP contribution in [0, 0.1) is 0 Å². The van der Waals surface area contributed by atoms with Crippen LogP contribution >= 0.6 is 0 Å². The van der Waals surface area contributed by atoms with Gasteiger partial charge in [-0.15, -0.1) is 0 Å². The maximum Gasteiger partial charge on any atom is 0.273 e. The minimum absolute atomic E-state index is 0.203. The van der Waals surface area contributed by atoms with E-state index in [2.05, 4.69) is 0 Å². The molecule has 0 fully saturated rings. The Morgan fingerprint density at radius 3 is 2.68 bits per heavy atom. The molecule has 5 nitrogen and oxygen atoms in total. The van der Waals surface area contributed by atoms with E-state index in [0.29, 0.717) is 11.4 Å². The van der Waals surface area contributed by atoms with Gasteiger partial charge in [-0.05, 0) is 24.5 Å². The molecule has 2 aliphatic rings. The molecule has 1 aliphatic carbocycles. The Labute approximate surface area is 128 Å². The summed E-state index contributed by atoms with van der Waals surface area (Å²) in [5, 5.41) is 1.15. The van der Waals surface area contributed by atoms with Crippen molar-refractivity contribution >= 4 is 23.0 Å². The quantitative estimate of drug-likeness (QED) is 0.623. The Hall–Kier alpha value is -2.79. The number of nitrogen functional groups attached to an aromatic ring is 1. The molecule has 110 valence electrons. The van der Waals surface area contributed by atoms with E-state index >= 15 is 0 Å². The maximum atomic E-state index is 12.5. The van der Waals surface area contributed by atoms with Gasteiger partial charge in [-0.1, -0.05) is 36.4 Å². The Bertz CT molecular complexity index is 830. The lowest BCUT2D eigenvalue weighted by Crippen LogP contribution is -2.32. The predicted octanol–water partition coefficient (Wildman–Crippen LogP) is 1.96. The number of carbonyl (C=O) groups excluding carboxylic acids is 1. The number of hydrogen-bond donors (Lipinski definition) is 2. The smallest absolute Gasteiger partial charge is 0.273 e. The number of allylic oxidation sites excluding steroid dienone is 1. The van der Waals surface area contributed by atoms with Crippen molar-refractivity contribution < 1.29 is 4.79 Å². The normalized spacial score (nSPS) is 16.8. The van der Waals surface area contributed by atoms with Gasteiger partial charge in [0.15, 0.2) is 0 Å². The van der Waals surface area contributed by atoms with Gasteiger partial charge in [-0.25, -0.2) is 10.9 Å². The molecule has 1 amide bonds. The molecule has 22 heavy (non-hydrogen) atoms. The van der Waals surface area contributed by atoms with Crippen LogP contribution in [0.15, 0.2) is 48.7 Å². The summed E-state index contributed by atoms with van der Waals surface area (Å²) in [7, 11) is 0. The van der Waals surface area contributed by atoms with E-state index in [1.807, 2.05) is 47.0 Å². The van der Waals surface area contributed by atoms with Crippen molar-refractivity contribution in [2.45, 2.75) is 12.8 Å². The van der Waals surface area contributed by atoms with Gasteiger partial charge in [0.1, 0.15) is 5.82 Å². The van der Waals surface area contributed by atoms with Crippen LogP contribution in [-0.4, -0.2) is 15.5 Å². The number of anilines is 1. The van der Waals surface area contributed by atoms with Crippen molar-refractivity contribution in [1.82, 2.24) is 9.58 Å². The van der Waals surface area contributed by atoms with Gasteiger partial charge in [-0.2, -0.15) is 0 Å². The third-order valence-electron chi connectivity index (χ3n) is 4.16. The number of hydrazine groups is 1. The zero-order chi connectivity index (χ0) is 15.3. The summed E-state index contributed by atoms with van der Waals surface area (Å²) in [6.45, 7) is 0. The highest BCUT2D eigenvalue weighted by molar-refractivity contribution is 6.21. The van der Waals surface area contributed by atoms with Crippen molar-refractivity contribution in [1.29, 1.82) is 0 Å². The molecule has 0 saturated carbocycles. The minimum Gasteiger partial charge on any atom is -0.385 e. The number of rotatable bonds is 1. The lowest BCUT2D eigenvalue weighted by atomic mass is 9.96. The van der Waals surface area contributed by atoms with Gasteiger partial charge in [-0.3, -0.25) is 9.36 Å². The van der Waals surface area contributed by atoms with Crippen LogP contribution in [0.5, 0.6) is 0 Å². The molecule has 0 saturated heterocycles. The van der Waals surface area contributed by atoms with E-state index < -0.39 is 0 Å². The number of aromatic nitrogens is 1. The van der Waals surface area contributed by atoms with E-state index in [0.717, 1.165) is 40.4 Å². The molecule has 0 atom stereocenters. The van der Waals surface area contributed by atoms with Crippen molar-refractivity contribution in [2.75, 3.05) is 5.73 Å². The summed E-state index contributed by atoms with van der Waals surface area (Å²) in [5.41, 5.74) is 10.6. The molecule has 0 spiro atoms. The number of nitrogens with two attached hydrogens (primary N) is 2. The summed E-state index contributed by atoms with van der Waals surface area (Å²) in [4.78, 5) is 12.5. The standard InChI is InChI=1S/C17H16N4O/c18-15-9-12-7-4-8-13-16(12)21(15)14(10-20(19)17(13)22)11-5-2-1-3-6-11/h1-3,5-6,8-10H,4,7,18-19H2. The van der Waals surface area contributed by atoms with Gasteiger partial charge in [0.05, 0.1) is 17.0 Å². The summed E-state index contributed by atoms with van der Waals surface area (Å²) >= 11 is 0. The minimum atomic E-state index is -0.203. The lowest BCUT2D eigenvalue weighted by molar-refractivity contribution is -0.122. The van der Waals surface area contributed by atoms with Gasteiger partial charge in [0, 0.05) is 11.8 Å². The van der Waals surface area contributed by atoms with Gasteiger partial charge >= 0.3 is 0 Å². The molecule has 2 aromatic rings. The Balaban J connectivity index is 2.04. The fraction of sp³-hybridized carbons (Fsp3) is 0.118. The Morgan fingerprint density at radius 2 is 1.91 bits per heavy atom. The SMILES string of the molecule is Nc1cc2c3n1C(c1ccccc1)=CN(N)C(=O)C3=CCC2. The van der Waals surface area contributed by atoms with E-state index in [-0.39, 0.29) is 5.91 Å². The first-order valence-corrected chi connectivity index (χ1v) is 7.23. The van der Waals surface area contributed by atoms with Crippen LogP contribution in [0.3, 0.4) is 0 Å². The van der Waals surface area contributed by atoms with Crippen molar-refractivity contribution in [3.05, 3.63) is 65.5 Å². The van der Waals surface area contributed by atoms with Gasteiger partial charge in [0.25, 0.3) is 5.91 Å². The summed E-state index contributed by atoms with van der Waals surface area (Å²) in [6, 6.07) is 11.8. The molecule has 1 aliphatic heterocycles. The van der Waals surface area contributed by atoms with Crippen molar-refractivity contribution in [3.8, 4) is 0 Å². The first-order valence-electron chi connectivity index (χ1n) is 7.23. The first-order chi connectivity index (χ1) is 10.7. The molecular formula is C17H16N4O. The van der Waals surface area contributed by atoms with Crippen LogP contribution < -0.4 is 11.6 Å². The number of aryl methyl sites for hydroxylation is 1. The largest absolute Gasteiger partial charge is 0.385 e. The molecule has 2 heterocycles. The van der Waals surface area contributed by atoms with Crippen LogP contribution in [0.2, 0.25) is 0 Å². The van der Waals surface area contributed by atoms with E-state index in [1.54, 1.807) is 6.20 Å². The van der Waals surface area contributed by atoms with E-state index in [1.165, 1.54) is 0 Å². The third-order valence-corrected chi connectivity index (χ3v) is 4.16. The number of benzene rings is 1. The molecule has 4 N–H and O–H groups in total. The topological polar surface area (TPSA) is 77.3 Å². The lowest BCUT2D eigenvalue weighted by Gasteiger charge is -2.17. The highest BCUT2D eigenvalue weighted by atomic mass is 16.2. The Kier molecular flexibility index (Phi) is 2.71. The zero-order valence-electron chi connectivity index (χ0n) is 12.0. The first kappa shape index (κ1) is 12.9. The van der Waals surface area contributed by atoms with Crippen LogP contribution in [-0.2, 0) is 11.2 Å². The van der Waals surface area contributed by atoms with Crippen LogP contribution in [0.1, 0.15) is 23.2 Å². The highest BCUT2D eigenvalue weighted by Crippen LogP contribution is 2.37. The average molecular weight is 292 g/mol. The van der Waals surface area contributed by atoms with Crippen molar-refractivity contribution in [3.63, 3.8) is 0 Å². The molecule has 1 aromatic carbocycles.